The number of benzene rings is 2. The van der Waals surface area contributed by atoms with Gasteiger partial charge < -0.3 is 5.32 Å². The van der Waals surface area contributed by atoms with E-state index in [2.05, 4.69) is 65.7 Å². The Bertz CT molecular complexity index is 925. The highest BCUT2D eigenvalue weighted by Gasteiger charge is 2.23. The molecule has 1 atom stereocenters. The minimum atomic E-state index is -0.0442. The van der Waals surface area contributed by atoms with E-state index in [4.69, 9.17) is 11.6 Å². The summed E-state index contributed by atoms with van der Waals surface area (Å²) in [6.07, 6.45) is 3.73. The van der Waals surface area contributed by atoms with Gasteiger partial charge >= 0.3 is 0 Å². The predicted molar refractivity (Wildman–Crippen MR) is 102 cm³/mol. The van der Waals surface area contributed by atoms with E-state index < -0.39 is 0 Å². The standard InChI is InChI=1S/C20H19ClN4/c1-13(2)14-6-8-15(9-7-14)18-11-19(16-4-3-5-17(21)10-16)25-20(24-18)22-12-23-25/h3-13,19H,1-2H3,(H,22,23,24). The second kappa shape index (κ2) is 6.37. The maximum atomic E-state index is 6.18. The summed E-state index contributed by atoms with van der Waals surface area (Å²) in [4.78, 5) is 4.34. The van der Waals surface area contributed by atoms with Crippen LogP contribution in [-0.4, -0.2) is 14.8 Å². The summed E-state index contributed by atoms with van der Waals surface area (Å²) in [5.41, 5.74) is 4.57. The molecule has 2 aromatic carbocycles. The van der Waals surface area contributed by atoms with Gasteiger partial charge in [0.25, 0.3) is 0 Å². The van der Waals surface area contributed by atoms with Crippen LogP contribution in [0.5, 0.6) is 0 Å². The molecule has 126 valence electrons. The van der Waals surface area contributed by atoms with E-state index in [9.17, 15) is 0 Å². The fourth-order valence-electron chi connectivity index (χ4n) is 3.08. The fraction of sp³-hybridized carbons (Fsp3) is 0.200. The Labute approximate surface area is 152 Å². The fourth-order valence-corrected chi connectivity index (χ4v) is 3.28. The van der Waals surface area contributed by atoms with E-state index in [1.165, 1.54) is 5.56 Å². The van der Waals surface area contributed by atoms with Gasteiger partial charge in [-0.2, -0.15) is 10.1 Å². The highest BCUT2D eigenvalue weighted by Crippen LogP contribution is 2.33. The summed E-state index contributed by atoms with van der Waals surface area (Å²) in [5, 5.41) is 8.46. The number of rotatable bonds is 3. The second-order valence-electron chi connectivity index (χ2n) is 6.51. The van der Waals surface area contributed by atoms with Crippen molar-refractivity contribution in [3.63, 3.8) is 0 Å². The van der Waals surface area contributed by atoms with E-state index in [0.717, 1.165) is 22.8 Å². The molecule has 2 heterocycles. The monoisotopic (exact) mass is 350 g/mol. The smallest absolute Gasteiger partial charge is 0.226 e. The van der Waals surface area contributed by atoms with E-state index in [-0.39, 0.29) is 6.04 Å². The number of hydrogen-bond acceptors (Lipinski definition) is 3. The first kappa shape index (κ1) is 15.9. The number of aromatic nitrogens is 3. The molecule has 0 spiro atoms. The van der Waals surface area contributed by atoms with Crippen molar-refractivity contribution in [1.82, 2.24) is 14.8 Å². The van der Waals surface area contributed by atoms with Gasteiger partial charge in [0.2, 0.25) is 5.95 Å². The summed E-state index contributed by atoms with van der Waals surface area (Å²) in [5.74, 6) is 1.25. The third-order valence-corrected chi connectivity index (χ3v) is 4.72. The quantitative estimate of drug-likeness (QED) is 0.713. The van der Waals surface area contributed by atoms with Crippen molar-refractivity contribution in [2.75, 3.05) is 5.32 Å². The molecule has 1 aliphatic heterocycles. The maximum absolute atomic E-state index is 6.18. The van der Waals surface area contributed by atoms with Crippen molar-refractivity contribution in [1.29, 1.82) is 0 Å². The predicted octanol–water partition coefficient (Wildman–Crippen LogP) is 5.11. The lowest BCUT2D eigenvalue weighted by Gasteiger charge is -2.24. The summed E-state index contributed by atoms with van der Waals surface area (Å²) < 4.78 is 1.87. The Morgan fingerprint density at radius 1 is 1.12 bits per heavy atom. The minimum absolute atomic E-state index is 0.0442. The Morgan fingerprint density at radius 3 is 2.64 bits per heavy atom. The zero-order valence-corrected chi connectivity index (χ0v) is 14.9. The van der Waals surface area contributed by atoms with Crippen LogP contribution >= 0.6 is 11.6 Å². The molecule has 0 saturated heterocycles. The molecular weight excluding hydrogens is 332 g/mol. The Morgan fingerprint density at radius 2 is 1.92 bits per heavy atom. The first-order valence-corrected chi connectivity index (χ1v) is 8.74. The van der Waals surface area contributed by atoms with Crippen LogP contribution in [0.2, 0.25) is 5.02 Å². The lowest BCUT2D eigenvalue weighted by molar-refractivity contribution is 0.612. The zero-order chi connectivity index (χ0) is 17.4. The summed E-state index contributed by atoms with van der Waals surface area (Å²) in [6.45, 7) is 4.40. The van der Waals surface area contributed by atoms with Crippen LogP contribution in [0.15, 0.2) is 60.9 Å². The highest BCUT2D eigenvalue weighted by molar-refractivity contribution is 6.30. The van der Waals surface area contributed by atoms with Gasteiger partial charge in [0.05, 0.1) is 0 Å². The van der Waals surface area contributed by atoms with Crippen molar-refractivity contribution < 1.29 is 0 Å². The van der Waals surface area contributed by atoms with Crippen molar-refractivity contribution in [2.24, 2.45) is 0 Å². The van der Waals surface area contributed by atoms with E-state index >= 15 is 0 Å². The van der Waals surface area contributed by atoms with Crippen LogP contribution in [0.3, 0.4) is 0 Å². The molecular formula is C20H19ClN4. The van der Waals surface area contributed by atoms with Crippen LogP contribution in [0.1, 0.15) is 42.5 Å². The van der Waals surface area contributed by atoms with E-state index in [1.54, 1.807) is 6.33 Å². The van der Waals surface area contributed by atoms with Crippen molar-refractivity contribution in [3.05, 3.63) is 82.6 Å². The van der Waals surface area contributed by atoms with Gasteiger partial charge in [0.15, 0.2) is 0 Å². The van der Waals surface area contributed by atoms with Gasteiger partial charge in [-0.3, -0.25) is 0 Å². The first-order valence-electron chi connectivity index (χ1n) is 8.36. The van der Waals surface area contributed by atoms with E-state index in [1.807, 2.05) is 22.9 Å². The Balaban J connectivity index is 1.76. The molecule has 4 nitrogen and oxygen atoms in total. The topological polar surface area (TPSA) is 42.7 Å². The van der Waals surface area contributed by atoms with Crippen LogP contribution in [0, 0.1) is 0 Å². The largest absolute Gasteiger partial charge is 0.324 e. The molecule has 1 aliphatic rings. The number of anilines is 1. The van der Waals surface area contributed by atoms with Gasteiger partial charge in [-0.05, 0) is 40.8 Å². The number of halogens is 1. The van der Waals surface area contributed by atoms with Crippen LogP contribution < -0.4 is 5.32 Å². The maximum Gasteiger partial charge on any atom is 0.226 e. The second-order valence-corrected chi connectivity index (χ2v) is 6.95. The van der Waals surface area contributed by atoms with Gasteiger partial charge in [0, 0.05) is 10.7 Å². The SMILES string of the molecule is CC(C)c1ccc(C2=CC(c3cccc(Cl)c3)n3ncnc3N2)cc1. The first-order chi connectivity index (χ1) is 12.1. The highest BCUT2D eigenvalue weighted by atomic mass is 35.5. The molecule has 0 aliphatic carbocycles. The number of hydrogen-bond donors (Lipinski definition) is 1. The lowest BCUT2D eigenvalue weighted by Crippen LogP contribution is -2.20. The number of nitrogens with one attached hydrogen (secondary N) is 1. The molecule has 0 saturated carbocycles. The van der Waals surface area contributed by atoms with Crippen molar-refractivity contribution in [3.8, 4) is 0 Å². The zero-order valence-electron chi connectivity index (χ0n) is 14.1. The molecule has 0 fully saturated rings. The lowest BCUT2D eigenvalue weighted by atomic mass is 9.98. The van der Waals surface area contributed by atoms with Crippen molar-refractivity contribution in [2.45, 2.75) is 25.8 Å². The van der Waals surface area contributed by atoms with Gasteiger partial charge in [-0.25, -0.2) is 4.68 Å². The molecule has 1 aromatic heterocycles. The van der Waals surface area contributed by atoms with Crippen LogP contribution in [0.25, 0.3) is 5.70 Å². The molecule has 0 radical (unpaired) electrons. The molecule has 5 heteroatoms. The average molecular weight is 351 g/mol. The van der Waals surface area contributed by atoms with Crippen molar-refractivity contribution >= 4 is 23.2 Å². The number of nitrogens with zero attached hydrogens (tertiary/aromatic N) is 3. The number of allylic oxidation sites excluding steroid dienone is 1. The van der Waals surface area contributed by atoms with Crippen LogP contribution in [0.4, 0.5) is 5.95 Å². The van der Waals surface area contributed by atoms with Gasteiger partial charge in [-0.15, -0.1) is 0 Å². The normalized spacial score (nSPS) is 16.3. The molecule has 1 N–H and O–H groups in total. The Hall–Kier alpha value is -2.59. The van der Waals surface area contributed by atoms with Crippen LogP contribution in [-0.2, 0) is 0 Å². The Kier molecular flexibility index (Phi) is 4.06. The molecule has 1 unspecified atom stereocenters. The summed E-state index contributed by atoms with van der Waals surface area (Å²) in [6, 6.07) is 16.5. The molecule has 0 bridgehead atoms. The average Bonchev–Trinajstić information content (AvgIpc) is 3.09. The third-order valence-electron chi connectivity index (χ3n) is 4.49. The van der Waals surface area contributed by atoms with Gasteiger partial charge in [-0.1, -0.05) is 61.8 Å². The molecule has 3 aromatic rings. The third kappa shape index (κ3) is 3.05. The molecule has 25 heavy (non-hydrogen) atoms. The minimum Gasteiger partial charge on any atom is -0.324 e. The molecule has 4 rings (SSSR count). The van der Waals surface area contributed by atoms with E-state index in [0.29, 0.717) is 10.9 Å². The summed E-state index contributed by atoms with van der Waals surface area (Å²) in [7, 11) is 0. The number of fused-ring (bicyclic) bond motifs is 1. The molecule has 0 amide bonds. The summed E-state index contributed by atoms with van der Waals surface area (Å²) >= 11 is 6.18. The van der Waals surface area contributed by atoms with Gasteiger partial charge in [0.1, 0.15) is 12.4 Å².